The predicted molar refractivity (Wildman–Crippen MR) is 74.7 cm³/mol. The lowest BCUT2D eigenvalue weighted by Gasteiger charge is -2.31. The zero-order valence-corrected chi connectivity index (χ0v) is 11.3. The molecule has 5 nitrogen and oxygen atoms in total. The molecule has 4 N–H and O–H groups in total. The zero-order valence-electron chi connectivity index (χ0n) is 11.3. The SMILES string of the molecule is CN(Cc1ccc(C(N)=O)cc1N)C1CCOCC1. The van der Waals surface area contributed by atoms with E-state index in [0.717, 1.165) is 38.2 Å². The van der Waals surface area contributed by atoms with Gasteiger partial charge in [-0.1, -0.05) is 6.07 Å². The number of carbonyl (C=O) groups excluding carboxylic acids is 1. The second kappa shape index (κ2) is 6.04. The third-order valence-corrected chi connectivity index (χ3v) is 3.66. The van der Waals surface area contributed by atoms with Crippen LogP contribution in [0.3, 0.4) is 0 Å². The van der Waals surface area contributed by atoms with E-state index >= 15 is 0 Å². The first-order chi connectivity index (χ1) is 9.08. The molecule has 1 fully saturated rings. The topological polar surface area (TPSA) is 81.6 Å². The molecule has 2 rings (SSSR count). The van der Waals surface area contributed by atoms with Gasteiger partial charge in [0.1, 0.15) is 0 Å². The average molecular weight is 263 g/mol. The van der Waals surface area contributed by atoms with Crippen LogP contribution in [-0.4, -0.2) is 37.1 Å². The van der Waals surface area contributed by atoms with E-state index in [1.54, 1.807) is 12.1 Å². The van der Waals surface area contributed by atoms with Gasteiger partial charge < -0.3 is 16.2 Å². The van der Waals surface area contributed by atoms with E-state index < -0.39 is 5.91 Å². The van der Waals surface area contributed by atoms with Gasteiger partial charge in [0, 0.05) is 37.1 Å². The van der Waals surface area contributed by atoms with Gasteiger partial charge in [-0.3, -0.25) is 9.69 Å². The summed E-state index contributed by atoms with van der Waals surface area (Å²) in [5.74, 6) is -0.448. The molecule has 0 radical (unpaired) electrons. The van der Waals surface area contributed by atoms with E-state index in [1.807, 2.05) is 6.07 Å². The van der Waals surface area contributed by atoms with Crippen molar-refractivity contribution in [3.05, 3.63) is 29.3 Å². The van der Waals surface area contributed by atoms with Crippen molar-refractivity contribution >= 4 is 11.6 Å². The van der Waals surface area contributed by atoms with Gasteiger partial charge in [-0.2, -0.15) is 0 Å². The molecule has 0 spiro atoms. The number of nitrogens with two attached hydrogens (primary N) is 2. The number of anilines is 1. The maximum atomic E-state index is 11.1. The first kappa shape index (κ1) is 13.8. The van der Waals surface area contributed by atoms with Crippen LogP contribution in [0.1, 0.15) is 28.8 Å². The molecule has 1 aromatic carbocycles. The summed E-state index contributed by atoms with van der Waals surface area (Å²) in [5.41, 5.74) is 13.3. The highest BCUT2D eigenvalue weighted by Gasteiger charge is 2.19. The summed E-state index contributed by atoms with van der Waals surface area (Å²) in [6.07, 6.45) is 2.10. The number of hydrogen-bond donors (Lipinski definition) is 2. The van der Waals surface area contributed by atoms with Crippen molar-refractivity contribution in [3.63, 3.8) is 0 Å². The van der Waals surface area contributed by atoms with Gasteiger partial charge >= 0.3 is 0 Å². The van der Waals surface area contributed by atoms with E-state index in [9.17, 15) is 4.79 Å². The molecule has 104 valence electrons. The number of carbonyl (C=O) groups is 1. The number of amides is 1. The third-order valence-electron chi connectivity index (χ3n) is 3.66. The second-order valence-electron chi connectivity index (χ2n) is 5.04. The summed E-state index contributed by atoms with van der Waals surface area (Å²) in [5, 5.41) is 0. The Bertz CT molecular complexity index is 456. The average Bonchev–Trinajstić information content (AvgIpc) is 2.41. The summed E-state index contributed by atoms with van der Waals surface area (Å²) in [6.45, 7) is 2.42. The van der Waals surface area contributed by atoms with Crippen LogP contribution in [0.5, 0.6) is 0 Å². The van der Waals surface area contributed by atoms with E-state index in [2.05, 4.69) is 11.9 Å². The normalized spacial score (nSPS) is 16.7. The predicted octanol–water partition coefficient (Wildman–Crippen LogP) is 0.978. The van der Waals surface area contributed by atoms with Crippen molar-refractivity contribution in [3.8, 4) is 0 Å². The Hall–Kier alpha value is -1.59. The maximum Gasteiger partial charge on any atom is 0.248 e. The molecule has 1 saturated heterocycles. The summed E-state index contributed by atoms with van der Waals surface area (Å²) in [4.78, 5) is 13.4. The number of primary amides is 1. The number of ether oxygens (including phenoxy) is 1. The van der Waals surface area contributed by atoms with Crippen molar-refractivity contribution in [1.29, 1.82) is 0 Å². The monoisotopic (exact) mass is 263 g/mol. The van der Waals surface area contributed by atoms with Crippen LogP contribution >= 0.6 is 0 Å². The van der Waals surface area contributed by atoms with Gasteiger partial charge in [0.2, 0.25) is 5.91 Å². The van der Waals surface area contributed by atoms with Gasteiger partial charge in [0.25, 0.3) is 0 Å². The van der Waals surface area contributed by atoms with Crippen molar-refractivity contribution < 1.29 is 9.53 Å². The second-order valence-corrected chi connectivity index (χ2v) is 5.04. The number of nitrogens with zero attached hydrogens (tertiary/aromatic N) is 1. The molecule has 1 aliphatic rings. The molecule has 0 unspecified atom stereocenters. The molecule has 1 amide bonds. The molecule has 1 aliphatic heterocycles. The van der Waals surface area contributed by atoms with Crippen molar-refractivity contribution in [2.45, 2.75) is 25.4 Å². The minimum atomic E-state index is -0.448. The quantitative estimate of drug-likeness (QED) is 0.793. The number of hydrogen-bond acceptors (Lipinski definition) is 4. The van der Waals surface area contributed by atoms with Crippen LogP contribution in [0.15, 0.2) is 18.2 Å². The fourth-order valence-corrected chi connectivity index (χ4v) is 2.42. The number of nitrogen functional groups attached to an aromatic ring is 1. The van der Waals surface area contributed by atoms with Gasteiger partial charge in [-0.25, -0.2) is 0 Å². The molecule has 0 aromatic heterocycles. The molecule has 1 heterocycles. The van der Waals surface area contributed by atoms with Crippen LogP contribution in [0.2, 0.25) is 0 Å². The highest BCUT2D eigenvalue weighted by Crippen LogP contribution is 2.20. The van der Waals surface area contributed by atoms with Gasteiger partial charge in [-0.15, -0.1) is 0 Å². The molecule has 1 aromatic rings. The lowest BCUT2D eigenvalue weighted by molar-refractivity contribution is 0.0407. The smallest absolute Gasteiger partial charge is 0.248 e. The van der Waals surface area contributed by atoms with Crippen LogP contribution in [0, 0.1) is 0 Å². The summed E-state index contributed by atoms with van der Waals surface area (Å²) >= 11 is 0. The van der Waals surface area contributed by atoms with Gasteiger partial charge in [-0.05, 0) is 37.6 Å². The van der Waals surface area contributed by atoms with E-state index in [1.165, 1.54) is 0 Å². The molecule has 0 atom stereocenters. The van der Waals surface area contributed by atoms with Crippen molar-refractivity contribution in [2.75, 3.05) is 26.0 Å². The molecule has 19 heavy (non-hydrogen) atoms. The largest absolute Gasteiger partial charge is 0.398 e. The number of rotatable bonds is 4. The standard InChI is InChI=1S/C14H21N3O2/c1-17(12-4-6-19-7-5-12)9-11-3-2-10(14(16)18)8-13(11)15/h2-3,8,12H,4-7,9,15H2,1H3,(H2,16,18). The summed E-state index contributed by atoms with van der Waals surface area (Å²) < 4.78 is 5.36. The van der Waals surface area contributed by atoms with E-state index in [-0.39, 0.29) is 0 Å². The fraction of sp³-hybridized carbons (Fsp3) is 0.500. The zero-order chi connectivity index (χ0) is 13.8. The highest BCUT2D eigenvalue weighted by molar-refractivity contribution is 5.93. The van der Waals surface area contributed by atoms with Gasteiger partial charge in [0.15, 0.2) is 0 Å². The van der Waals surface area contributed by atoms with Crippen LogP contribution in [-0.2, 0) is 11.3 Å². The van der Waals surface area contributed by atoms with Crippen molar-refractivity contribution in [1.82, 2.24) is 4.90 Å². The lowest BCUT2D eigenvalue weighted by atomic mass is 10.0. The Kier molecular flexibility index (Phi) is 4.39. The summed E-state index contributed by atoms with van der Waals surface area (Å²) in [7, 11) is 2.09. The lowest BCUT2D eigenvalue weighted by Crippen LogP contribution is -2.36. The minimum Gasteiger partial charge on any atom is -0.398 e. The molecule has 5 heteroatoms. The molecule has 0 saturated carbocycles. The van der Waals surface area contributed by atoms with Crippen LogP contribution in [0.25, 0.3) is 0 Å². The Balaban J connectivity index is 2.03. The Labute approximate surface area is 113 Å². The van der Waals surface area contributed by atoms with E-state index in [0.29, 0.717) is 17.3 Å². The molecule has 0 aliphatic carbocycles. The molecular weight excluding hydrogens is 242 g/mol. The highest BCUT2D eigenvalue weighted by atomic mass is 16.5. The first-order valence-electron chi connectivity index (χ1n) is 6.54. The first-order valence-corrected chi connectivity index (χ1v) is 6.54. The maximum absolute atomic E-state index is 11.1. The summed E-state index contributed by atoms with van der Waals surface area (Å²) in [6, 6.07) is 5.79. The fourth-order valence-electron chi connectivity index (χ4n) is 2.42. The third kappa shape index (κ3) is 3.45. The minimum absolute atomic E-state index is 0.448. The Morgan fingerprint density at radius 2 is 2.11 bits per heavy atom. The van der Waals surface area contributed by atoms with Crippen LogP contribution < -0.4 is 11.5 Å². The Morgan fingerprint density at radius 3 is 2.68 bits per heavy atom. The molecule has 0 bridgehead atoms. The van der Waals surface area contributed by atoms with Crippen molar-refractivity contribution in [2.24, 2.45) is 5.73 Å². The van der Waals surface area contributed by atoms with Crippen LogP contribution in [0.4, 0.5) is 5.69 Å². The molecular formula is C14H21N3O2. The number of benzene rings is 1. The van der Waals surface area contributed by atoms with E-state index in [4.69, 9.17) is 16.2 Å². The van der Waals surface area contributed by atoms with Gasteiger partial charge in [0.05, 0.1) is 0 Å². The Morgan fingerprint density at radius 1 is 1.42 bits per heavy atom.